The predicted molar refractivity (Wildman–Crippen MR) is 45.3 cm³/mol. The third-order valence-corrected chi connectivity index (χ3v) is 1.70. The number of nitrogen functional groups attached to an aromatic ring is 1. The quantitative estimate of drug-likeness (QED) is 0.767. The summed E-state index contributed by atoms with van der Waals surface area (Å²) in [5.74, 6) is -1.61. The Morgan fingerprint density at radius 3 is 2.67 bits per heavy atom. The third-order valence-electron chi connectivity index (χ3n) is 1.70. The Hall–Kier alpha value is -2.23. The minimum Gasteiger partial charge on any atom is -0.478 e. The molecule has 1 aromatic rings. The molecule has 0 atom stereocenters. The maximum atomic E-state index is 12.4. The first-order valence-electron chi connectivity index (χ1n) is 3.69. The van der Waals surface area contributed by atoms with E-state index in [0.29, 0.717) is 6.20 Å². The molecule has 0 radical (unpaired) electrons. The van der Waals surface area contributed by atoms with Gasteiger partial charge >= 0.3 is 5.97 Å². The predicted octanol–water partition coefficient (Wildman–Crippen LogP) is 1.17. The first kappa shape index (κ1) is 10.8. The van der Waals surface area contributed by atoms with Crippen LogP contribution >= 0.6 is 0 Å². The van der Waals surface area contributed by atoms with E-state index < -0.39 is 29.2 Å². The van der Waals surface area contributed by atoms with Crippen LogP contribution in [0.5, 0.6) is 0 Å². The molecule has 15 heavy (non-hydrogen) atoms. The zero-order valence-electron chi connectivity index (χ0n) is 7.24. The van der Waals surface area contributed by atoms with Crippen LogP contribution in [0, 0.1) is 11.3 Å². The number of rotatable bonds is 2. The van der Waals surface area contributed by atoms with E-state index in [9.17, 15) is 13.6 Å². The van der Waals surface area contributed by atoms with E-state index in [1.54, 1.807) is 0 Å². The summed E-state index contributed by atoms with van der Waals surface area (Å²) in [5.41, 5.74) is 2.76. The molecule has 3 N–H and O–H groups in total. The highest BCUT2D eigenvalue weighted by Gasteiger charge is 2.23. The van der Waals surface area contributed by atoms with Gasteiger partial charge in [0.25, 0.3) is 6.43 Å². The van der Waals surface area contributed by atoms with E-state index in [2.05, 4.69) is 4.98 Å². The van der Waals surface area contributed by atoms with Crippen molar-refractivity contribution in [3.05, 3.63) is 23.0 Å². The lowest BCUT2D eigenvalue weighted by molar-refractivity contribution is 0.0685. The SMILES string of the molecule is N#Cc1ncc(C(F)F)c(C(=O)O)c1N. The Balaban J connectivity index is 3.53. The lowest BCUT2D eigenvalue weighted by Gasteiger charge is -2.07. The fraction of sp³-hybridized carbons (Fsp3) is 0.125. The number of aromatic carboxylic acids is 1. The Morgan fingerprint density at radius 2 is 2.27 bits per heavy atom. The number of carbonyl (C=O) groups is 1. The van der Waals surface area contributed by atoms with Gasteiger partial charge < -0.3 is 10.8 Å². The lowest BCUT2D eigenvalue weighted by Crippen LogP contribution is -2.10. The second kappa shape index (κ2) is 3.88. The zero-order valence-corrected chi connectivity index (χ0v) is 7.24. The van der Waals surface area contributed by atoms with Crippen LogP contribution < -0.4 is 5.73 Å². The summed E-state index contributed by atoms with van der Waals surface area (Å²) in [6.07, 6.45) is -2.36. The van der Waals surface area contributed by atoms with E-state index in [4.69, 9.17) is 16.1 Å². The Bertz CT molecular complexity index is 454. The van der Waals surface area contributed by atoms with Crippen LogP contribution in [0.1, 0.15) is 28.0 Å². The van der Waals surface area contributed by atoms with Gasteiger partial charge in [0.1, 0.15) is 6.07 Å². The molecule has 0 spiro atoms. The van der Waals surface area contributed by atoms with Gasteiger partial charge in [-0.2, -0.15) is 5.26 Å². The van der Waals surface area contributed by atoms with E-state index in [1.165, 1.54) is 6.07 Å². The van der Waals surface area contributed by atoms with Crippen LogP contribution in [0.15, 0.2) is 6.20 Å². The third kappa shape index (κ3) is 1.83. The van der Waals surface area contributed by atoms with Crippen LogP contribution in [0.4, 0.5) is 14.5 Å². The van der Waals surface area contributed by atoms with Gasteiger partial charge in [-0.1, -0.05) is 0 Å². The van der Waals surface area contributed by atoms with Gasteiger partial charge in [-0.15, -0.1) is 0 Å². The van der Waals surface area contributed by atoms with E-state index >= 15 is 0 Å². The lowest BCUT2D eigenvalue weighted by atomic mass is 10.1. The van der Waals surface area contributed by atoms with Gasteiger partial charge in [-0.05, 0) is 0 Å². The maximum Gasteiger partial charge on any atom is 0.338 e. The van der Waals surface area contributed by atoms with Crippen molar-refractivity contribution in [2.24, 2.45) is 0 Å². The number of nitrogens with two attached hydrogens (primary N) is 1. The molecule has 78 valence electrons. The molecule has 0 bridgehead atoms. The van der Waals surface area contributed by atoms with Crippen molar-refractivity contribution in [3.63, 3.8) is 0 Å². The van der Waals surface area contributed by atoms with Gasteiger partial charge in [-0.3, -0.25) is 0 Å². The van der Waals surface area contributed by atoms with E-state index in [1.807, 2.05) is 0 Å². The van der Waals surface area contributed by atoms with Crippen molar-refractivity contribution in [2.45, 2.75) is 6.43 Å². The fourth-order valence-electron chi connectivity index (χ4n) is 1.04. The topological polar surface area (TPSA) is 100 Å². The normalized spacial score (nSPS) is 10.0. The molecule has 5 nitrogen and oxygen atoms in total. The molecule has 1 rings (SSSR count). The largest absolute Gasteiger partial charge is 0.478 e. The molecular formula is C8H5F2N3O2. The number of aromatic nitrogens is 1. The minimum absolute atomic E-state index is 0.378. The number of nitrogens with zero attached hydrogens (tertiary/aromatic N) is 2. The highest BCUT2D eigenvalue weighted by molar-refractivity contribution is 5.96. The van der Waals surface area contributed by atoms with Crippen LogP contribution in [0.2, 0.25) is 0 Å². The first-order chi connectivity index (χ1) is 6.99. The van der Waals surface area contributed by atoms with Crippen molar-refractivity contribution in [3.8, 4) is 6.07 Å². The van der Waals surface area contributed by atoms with Crippen molar-refractivity contribution >= 4 is 11.7 Å². The molecule has 0 saturated heterocycles. The van der Waals surface area contributed by atoms with Crippen LogP contribution in [0.3, 0.4) is 0 Å². The standard InChI is InChI=1S/C8H5F2N3O2/c9-7(10)3-2-13-4(1-11)6(12)5(3)8(14)15/h2,7H,12H2,(H,14,15). The smallest absolute Gasteiger partial charge is 0.338 e. The summed E-state index contributed by atoms with van der Waals surface area (Å²) >= 11 is 0. The van der Waals surface area contributed by atoms with Crippen LogP contribution in [-0.4, -0.2) is 16.1 Å². The summed E-state index contributed by atoms with van der Waals surface area (Å²) in [7, 11) is 0. The number of pyridine rings is 1. The van der Waals surface area contributed by atoms with Crippen LogP contribution in [-0.2, 0) is 0 Å². The molecule has 7 heteroatoms. The average molecular weight is 213 g/mol. The van der Waals surface area contributed by atoms with Gasteiger partial charge in [0.05, 0.1) is 16.8 Å². The van der Waals surface area contributed by atoms with E-state index in [0.717, 1.165) is 0 Å². The van der Waals surface area contributed by atoms with Crippen LogP contribution in [0.25, 0.3) is 0 Å². The second-order valence-corrected chi connectivity index (χ2v) is 2.57. The highest BCUT2D eigenvalue weighted by atomic mass is 19.3. The number of nitriles is 1. The molecule has 0 unspecified atom stereocenters. The number of carboxylic acid groups (broad SMARTS) is 1. The van der Waals surface area contributed by atoms with Gasteiger partial charge in [-0.25, -0.2) is 18.6 Å². The Morgan fingerprint density at radius 1 is 1.67 bits per heavy atom. The number of alkyl halides is 2. The van der Waals surface area contributed by atoms with Gasteiger partial charge in [0.2, 0.25) is 0 Å². The van der Waals surface area contributed by atoms with Gasteiger partial charge in [0.15, 0.2) is 5.69 Å². The average Bonchev–Trinajstić information content (AvgIpc) is 2.16. The van der Waals surface area contributed by atoms with Gasteiger partial charge in [0, 0.05) is 6.20 Å². The zero-order chi connectivity index (χ0) is 11.6. The molecule has 1 heterocycles. The number of hydrogen-bond donors (Lipinski definition) is 2. The highest BCUT2D eigenvalue weighted by Crippen LogP contribution is 2.27. The maximum absolute atomic E-state index is 12.4. The van der Waals surface area contributed by atoms with Crippen molar-refractivity contribution < 1.29 is 18.7 Å². The molecule has 0 aromatic carbocycles. The summed E-state index contributed by atoms with van der Waals surface area (Å²) in [6.45, 7) is 0. The molecule has 1 aromatic heterocycles. The molecule has 0 aliphatic rings. The number of anilines is 1. The summed E-state index contributed by atoms with van der Waals surface area (Å²) < 4.78 is 24.7. The summed E-state index contributed by atoms with van der Waals surface area (Å²) in [6, 6.07) is 1.51. The molecule has 0 aliphatic heterocycles. The molecule has 0 fully saturated rings. The number of hydrogen-bond acceptors (Lipinski definition) is 4. The first-order valence-corrected chi connectivity index (χ1v) is 3.69. The summed E-state index contributed by atoms with van der Waals surface area (Å²) in [4.78, 5) is 14.0. The van der Waals surface area contributed by atoms with Crippen molar-refractivity contribution in [2.75, 3.05) is 5.73 Å². The second-order valence-electron chi connectivity index (χ2n) is 2.57. The van der Waals surface area contributed by atoms with E-state index in [-0.39, 0.29) is 5.69 Å². The fourth-order valence-corrected chi connectivity index (χ4v) is 1.04. The summed E-state index contributed by atoms with van der Waals surface area (Å²) in [5, 5.41) is 17.1. The molecular weight excluding hydrogens is 208 g/mol. The molecule has 0 amide bonds. The Labute approximate surface area is 82.8 Å². The van der Waals surface area contributed by atoms with Crippen molar-refractivity contribution in [1.29, 1.82) is 5.26 Å². The van der Waals surface area contributed by atoms with Crippen molar-refractivity contribution in [1.82, 2.24) is 4.98 Å². The minimum atomic E-state index is -3.00. The monoisotopic (exact) mass is 213 g/mol. The number of halogens is 2. The molecule has 0 aliphatic carbocycles. The number of carboxylic acids is 1. The Kier molecular flexibility index (Phi) is 2.80. The molecule has 0 saturated carbocycles.